The minimum absolute atomic E-state index is 0.0000201. The molecule has 3 aromatic carbocycles. The number of nitrogens with one attached hydrogen (secondary N) is 1. The smallest absolute Gasteiger partial charge is 0.261 e. The van der Waals surface area contributed by atoms with Crippen LogP contribution in [-0.4, -0.2) is 35.4 Å². The molecule has 2 atom stereocenters. The van der Waals surface area contributed by atoms with Gasteiger partial charge in [0.1, 0.15) is 6.04 Å². The molecule has 1 N–H and O–H groups in total. The summed E-state index contributed by atoms with van der Waals surface area (Å²) >= 11 is 0. The lowest BCUT2D eigenvalue weighted by molar-refractivity contribution is -0.143. The lowest BCUT2D eigenvalue weighted by atomic mass is 10.0. The first-order valence-corrected chi connectivity index (χ1v) is 11.9. The van der Waals surface area contributed by atoms with Gasteiger partial charge in [0.05, 0.1) is 0 Å². The van der Waals surface area contributed by atoms with Crippen molar-refractivity contribution in [3.63, 3.8) is 0 Å². The predicted octanol–water partition coefficient (Wildman–Crippen LogP) is 5.07. The van der Waals surface area contributed by atoms with Crippen molar-refractivity contribution >= 4 is 11.8 Å². The Labute approximate surface area is 206 Å². The summed E-state index contributed by atoms with van der Waals surface area (Å²) in [5.41, 5.74) is 2.90. The zero-order chi connectivity index (χ0) is 25.2. The van der Waals surface area contributed by atoms with E-state index in [2.05, 4.69) is 5.32 Å². The van der Waals surface area contributed by atoms with E-state index in [0.29, 0.717) is 6.42 Å². The summed E-state index contributed by atoms with van der Waals surface area (Å²) in [5, 5.41) is 3.03. The number of para-hydroxylation sites is 1. The van der Waals surface area contributed by atoms with Gasteiger partial charge >= 0.3 is 0 Å². The second-order valence-corrected chi connectivity index (χ2v) is 8.75. The predicted molar refractivity (Wildman–Crippen MR) is 135 cm³/mol. The van der Waals surface area contributed by atoms with Gasteiger partial charge in [0.15, 0.2) is 18.2 Å². The molecule has 3 aromatic rings. The fourth-order valence-electron chi connectivity index (χ4n) is 3.79. The molecule has 2 amide bonds. The number of benzene rings is 3. The van der Waals surface area contributed by atoms with E-state index in [1.54, 1.807) is 17.0 Å². The molecule has 184 valence electrons. The molecule has 35 heavy (non-hydrogen) atoms. The summed E-state index contributed by atoms with van der Waals surface area (Å²) in [6, 6.07) is 22.6. The van der Waals surface area contributed by atoms with Gasteiger partial charge in [-0.2, -0.15) is 0 Å². The first kappa shape index (κ1) is 25.9. The summed E-state index contributed by atoms with van der Waals surface area (Å²) in [7, 11) is 0. The van der Waals surface area contributed by atoms with Crippen LogP contribution < -0.4 is 10.1 Å². The summed E-state index contributed by atoms with van der Waals surface area (Å²) < 4.78 is 19.6. The number of carbonyl (C=O) groups is 2. The van der Waals surface area contributed by atoms with Crippen molar-refractivity contribution in [2.75, 3.05) is 6.61 Å². The van der Waals surface area contributed by atoms with Gasteiger partial charge in [0.25, 0.3) is 5.91 Å². The summed E-state index contributed by atoms with van der Waals surface area (Å²) in [6.45, 7) is 5.76. The number of amides is 2. The maximum Gasteiger partial charge on any atom is 0.261 e. The fourth-order valence-corrected chi connectivity index (χ4v) is 3.79. The van der Waals surface area contributed by atoms with Crippen LogP contribution in [0.15, 0.2) is 78.9 Å². The quantitative estimate of drug-likeness (QED) is 0.421. The van der Waals surface area contributed by atoms with Crippen LogP contribution in [0.5, 0.6) is 5.75 Å². The number of hydrogen-bond donors (Lipinski definition) is 1. The molecule has 0 aliphatic heterocycles. The monoisotopic (exact) mass is 476 g/mol. The van der Waals surface area contributed by atoms with Crippen LogP contribution in [-0.2, 0) is 22.6 Å². The number of carbonyl (C=O) groups excluding carboxylic acids is 2. The van der Waals surface area contributed by atoms with Gasteiger partial charge in [-0.25, -0.2) is 4.39 Å². The molecule has 3 rings (SSSR count). The second-order valence-electron chi connectivity index (χ2n) is 8.75. The largest absolute Gasteiger partial charge is 0.481 e. The van der Waals surface area contributed by atoms with E-state index in [1.165, 1.54) is 12.1 Å². The Hall–Kier alpha value is -3.67. The number of nitrogens with zero attached hydrogens (tertiary/aromatic N) is 1. The van der Waals surface area contributed by atoms with Gasteiger partial charge in [-0.15, -0.1) is 0 Å². The summed E-state index contributed by atoms with van der Waals surface area (Å²) in [5.74, 6) is -1.16. The third-order valence-corrected chi connectivity index (χ3v) is 5.90. The molecular formula is C29H33FN2O3. The van der Waals surface area contributed by atoms with Crippen molar-refractivity contribution in [1.82, 2.24) is 10.2 Å². The zero-order valence-electron chi connectivity index (χ0n) is 20.5. The molecule has 5 nitrogen and oxygen atoms in total. The highest BCUT2D eigenvalue weighted by molar-refractivity contribution is 5.88. The Morgan fingerprint density at radius 3 is 2.34 bits per heavy atom. The van der Waals surface area contributed by atoms with Crippen LogP contribution in [0.25, 0.3) is 0 Å². The molecular weight excluding hydrogens is 443 g/mol. The molecule has 0 aliphatic rings. The van der Waals surface area contributed by atoms with Gasteiger partial charge < -0.3 is 15.0 Å². The standard InChI is InChI=1S/C29H33FN2O3/c1-4-22(3)31-29(34)26(18-23-12-6-5-7-13-23)32(19-24-14-10-11-21(2)17-24)28(33)20-35-27-16-9-8-15-25(27)30/h5-17,22,26H,4,18-20H2,1-3H3,(H,31,34). The highest BCUT2D eigenvalue weighted by Crippen LogP contribution is 2.19. The third-order valence-electron chi connectivity index (χ3n) is 5.90. The Kier molecular flexibility index (Phi) is 9.41. The molecule has 0 heterocycles. The van der Waals surface area contributed by atoms with E-state index < -0.39 is 17.8 Å². The molecule has 0 aromatic heterocycles. The minimum Gasteiger partial charge on any atom is -0.481 e. The van der Waals surface area contributed by atoms with Crippen LogP contribution >= 0.6 is 0 Å². The Morgan fingerprint density at radius 1 is 0.971 bits per heavy atom. The number of aryl methyl sites for hydroxylation is 1. The maximum absolute atomic E-state index is 14.1. The third kappa shape index (κ3) is 7.67. The molecule has 0 bridgehead atoms. The molecule has 0 fully saturated rings. The minimum atomic E-state index is -0.761. The van der Waals surface area contributed by atoms with Crippen molar-refractivity contribution in [2.45, 2.75) is 52.2 Å². The van der Waals surface area contributed by atoms with Crippen LogP contribution in [0.3, 0.4) is 0 Å². The topological polar surface area (TPSA) is 58.6 Å². The van der Waals surface area contributed by atoms with E-state index in [-0.39, 0.29) is 30.9 Å². The first-order valence-electron chi connectivity index (χ1n) is 11.9. The molecule has 0 spiro atoms. The molecule has 6 heteroatoms. The SMILES string of the molecule is CCC(C)NC(=O)C(Cc1ccccc1)N(Cc1cccc(C)c1)C(=O)COc1ccccc1F. The van der Waals surface area contributed by atoms with Crippen molar-refractivity contribution in [2.24, 2.45) is 0 Å². The van der Waals surface area contributed by atoms with Crippen molar-refractivity contribution in [3.8, 4) is 5.75 Å². The van der Waals surface area contributed by atoms with E-state index in [1.807, 2.05) is 75.4 Å². The van der Waals surface area contributed by atoms with E-state index >= 15 is 0 Å². The van der Waals surface area contributed by atoms with Gasteiger partial charge in [-0.1, -0.05) is 79.2 Å². The average molecular weight is 477 g/mol. The zero-order valence-corrected chi connectivity index (χ0v) is 20.5. The maximum atomic E-state index is 14.1. The molecule has 2 unspecified atom stereocenters. The second kappa shape index (κ2) is 12.7. The van der Waals surface area contributed by atoms with Crippen LogP contribution in [0.2, 0.25) is 0 Å². The Morgan fingerprint density at radius 2 is 1.66 bits per heavy atom. The number of hydrogen-bond acceptors (Lipinski definition) is 3. The van der Waals surface area contributed by atoms with Gasteiger partial charge in [-0.3, -0.25) is 9.59 Å². The lowest BCUT2D eigenvalue weighted by Crippen LogP contribution is -2.53. The van der Waals surface area contributed by atoms with Gasteiger partial charge in [0.2, 0.25) is 5.91 Å². The van der Waals surface area contributed by atoms with Crippen molar-refractivity contribution in [1.29, 1.82) is 0 Å². The van der Waals surface area contributed by atoms with E-state index in [4.69, 9.17) is 4.74 Å². The molecule has 0 saturated heterocycles. The Bertz CT molecular complexity index is 1120. The first-order chi connectivity index (χ1) is 16.9. The molecule has 0 radical (unpaired) electrons. The number of halogens is 1. The lowest BCUT2D eigenvalue weighted by Gasteiger charge is -2.32. The van der Waals surface area contributed by atoms with Crippen molar-refractivity contribution < 1.29 is 18.7 Å². The summed E-state index contributed by atoms with van der Waals surface area (Å²) in [4.78, 5) is 28.5. The molecule has 0 saturated carbocycles. The van der Waals surface area contributed by atoms with E-state index in [0.717, 1.165) is 23.1 Å². The van der Waals surface area contributed by atoms with Crippen LogP contribution in [0, 0.1) is 12.7 Å². The van der Waals surface area contributed by atoms with Crippen LogP contribution in [0.4, 0.5) is 4.39 Å². The van der Waals surface area contributed by atoms with Crippen LogP contribution in [0.1, 0.15) is 37.0 Å². The molecule has 0 aliphatic carbocycles. The summed E-state index contributed by atoms with van der Waals surface area (Å²) in [6.07, 6.45) is 1.12. The van der Waals surface area contributed by atoms with Crippen molar-refractivity contribution in [3.05, 3.63) is 101 Å². The average Bonchev–Trinajstić information content (AvgIpc) is 2.86. The highest BCUT2D eigenvalue weighted by atomic mass is 19.1. The normalized spacial score (nSPS) is 12.5. The highest BCUT2D eigenvalue weighted by Gasteiger charge is 2.31. The fraction of sp³-hybridized carbons (Fsp3) is 0.310. The van der Waals surface area contributed by atoms with Gasteiger partial charge in [0, 0.05) is 19.0 Å². The number of ether oxygens (including phenoxy) is 1. The van der Waals surface area contributed by atoms with Gasteiger partial charge in [-0.05, 0) is 43.5 Å². The Balaban J connectivity index is 1.92. The van der Waals surface area contributed by atoms with E-state index in [9.17, 15) is 14.0 Å². The number of rotatable bonds is 11.